The van der Waals surface area contributed by atoms with Gasteiger partial charge in [0, 0.05) is 0 Å². The number of rotatable bonds is 15. The molecular formula is C31H36O4. The van der Waals surface area contributed by atoms with E-state index in [1.54, 1.807) is 14.2 Å². The van der Waals surface area contributed by atoms with Gasteiger partial charge in [-0.1, -0.05) is 78.4 Å². The van der Waals surface area contributed by atoms with Gasteiger partial charge < -0.3 is 18.9 Å². The molecule has 0 saturated carbocycles. The second-order valence-electron chi connectivity index (χ2n) is 8.22. The van der Waals surface area contributed by atoms with Crippen molar-refractivity contribution in [2.45, 2.75) is 32.5 Å². The first kappa shape index (κ1) is 26.3. The molecule has 0 fully saturated rings. The van der Waals surface area contributed by atoms with Gasteiger partial charge in [-0.15, -0.1) is 0 Å². The van der Waals surface area contributed by atoms with Crippen molar-refractivity contribution in [3.8, 4) is 11.5 Å². The van der Waals surface area contributed by atoms with E-state index in [4.69, 9.17) is 18.9 Å². The highest BCUT2D eigenvalue weighted by Crippen LogP contribution is 2.15. The smallest absolute Gasteiger partial charge is 0.118 e. The summed E-state index contributed by atoms with van der Waals surface area (Å²) in [4.78, 5) is 0. The minimum absolute atomic E-state index is 0.599. The SMILES string of the molecule is COc1ccc(COCC/C=C(\C/C=C/c2ccccc2)CCOCc2ccc(OC)cc2)cc1. The van der Waals surface area contributed by atoms with Gasteiger partial charge in [-0.3, -0.25) is 0 Å². The summed E-state index contributed by atoms with van der Waals surface area (Å²) in [5.74, 6) is 1.72. The van der Waals surface area contributed by atoms with Crippen molar-refractivity contribution in [3.63, 3.8) is 0 Å². The zero-order valence-corrected chi connectivity index (χ0v) is 20.8. The fourth-order valence-corrected chi connectivity index (χ4v) is 3.57. The van der Waals surface area contributed by atoms with Crippen molar-refractivity contribution in [2.75, 3.05) is 27.4 Å². The van der Waals surface area contributed by atoms with Gasteiger partial charge in [0.15, 0.2) is 0 Å². The summed E-state index contributed by atoms with van der Waals surface area (Å²) in [6, 6.07) is 26.4. The quantitative estimate of drug-likeness (QED) is 0.172. The van der Waals surface area contributed by atoms with Gasteiger partial charge in [0.05, 0.1) is 40.6 Å². The summed E-state index contributed by atoms with van der Waals surface area (Å²) < 4.78 is 22.2. The van der Waals surface area contributed by atoms with Crippen molar-refractivity contribution in [3.05, 3.63) is 113 Å². The molecule has 3 aromatic carbocycles. The molecule has 35 heavy (non-hydrogen) atoms. The summed E-state index contributed by atoms with van der Waals surface area (Å²) in [6.07, 6.45) is 9.37. The largest absolute Gasteiger partial charge is 0.497 e. The molecule has 0 aliphatic carbocycles. The van der Waals surface area contributed by atoms with Crippen LogP contribution in [0, 0.1) is 0 Å². The Morgan fingerprint density at radius 3 is 1.83 bits per heavy atom. The molecule has 0 aliphatic heterocycles. The number of hydrogen-bond acceptors (Lipinski definition) is 4. The molecule has 0 bridgehead atoms. The number of hydrogen-bond donors (Lipinski definition) is 0. The van der Waals surface area contributed by atoms with Crippen LogP contribution in [0.3, 0.4) is 0 Å². The molecule has 3 aromatic rings. The molecule has 184 valence electrons. The summed E-state index contributed by atoms with van der Waals surface area (Å²) in [7, 11) is 3.35. The number of benzene rings is 3. The Kier molecular flexibility index (Phi) is 11.7. The highest BCUT2D eigenvalue weighted by atomic mass is 16.5. The molecule has 0 amide bonds. The van der Waals surface area contributed by atoms with Crippen LogP contribution in [0.5, 0.6) is 11.5 Å². The molecule has 0 heterocycles. The van der Waals surface area contributed by atoms with Gasteiger partial charge in [0.25, 0.3) is 0 Å². The Bertz CT molecular complexity index is 1020. The molecule has 3 rings (SSSR count). The van der Waals surface area contributed by atoms with E-state index in [1.807, 2.05) is 54.6 Å². The predicted octanol–water partition coefficient (Wildman–Crippen LogP) is 7.25. The minimum Gasteiger partial charge on any atom is -0.497 e. The van der Waals surface area contributed by atoms with E-state index in [1.165, 1.54) is 11.1 Å². The molecule has 4 nitrogen and oxygen atoms in total. The van der Waals surface area contributed by atoms with Crippen LogP contribution >= 0.6 is 0 Å². The minimum atomic E-state index is 0.599. The zero-order valence-electron chi connectivity index (χ0n) is 20.8. The zero-order chi connectivity index (χ0) is 24.6. The van der Waals surface area contributed by atoms with Crippen molar-refractivity contribution < 1.29 is 18.9 Å². The van der Waals surface area contributed by atoms with Crippen LogP contribution in [0.25, 0.3) is 6.08 Å². The monoisotopic (exact) mass is 472 g/mol. The predicted molar refractivity (Wildman–Crippen MR) is 143 cm³/mol. The Labute approximate surface area is 209 Å². The standard InChI is InChI=1S/C31H36O4/c1-32-30-17-13-28(14-18-30)24-34-22-7-12-27(11-6-10-26-8-4-3-5-9-26)21-23-35-25-29-15-19-31(33-2)20-16-29/h3-6,8-10,12-20H,7,11,21-25H2,1-2H3/b10-6+,27-12+. The van der Waals surface area contributed by atoms with Crippen LogP contribution in [0.1, 0.15) is 36.0 Å². The lowest BCUT2D eigenvalue weighted by Gasteiger charge is -2.09. The number of ether oxygens (including phenoxy) is 4. The number of allylic oxidation sites excluding steroid dienone is 1. The highest BCUT2D eigenvalue weighted by Gasteiger charge is 2.00. The lowest BCUT2D eigenvalue weighted by atomic mass is 10.1. The van der Waals surface area contributed by atoms with Gasteiger partial charge in [-0.05, 0) is 60.2 Å². The van der Waals surface area contributed by atoms with Crippen molar-refractivity contribution in [1.29, 1.82) is 0 Å². The maximum absolute atomic E-state index is 5.95. The van der Waals surface area contributed by atoms with E-state index in [-0.39, 0.29) is 0 Å². The van der Waals surface area contributed by atoms with Crippen LogP contribution in [-0.4, -0.2) is 27.4 Å². The first-order chi connectivity index (χ1) is 17.3. The van der Waals surface area contributed by atoms with Gasteiger partial charge >= 0.3 is 0 Å². The fourth-order valence-electron chi connectivity index (χ4n) is 3.57. The second kappa shape index (κ2) is 15.5. The molecule has 0 atom stereocenters. The summed E-state index contributed by atoms with van der Waals surface area (Å²) in [5, 5.41) is 0. The molecule has 0 unspecified atom stereocenters. The van der Waals surface area contributed by atoms with Crippen LogP contribution in [0.2, 0.25) is 0 Å². The van der Waals surface area contributed by atoms with Crippen LogP contribution < -0.4 is 9.47 Å². The Balaban J connectivity index is 1.45. The van der Waals surface area contributed by atoms with E-state index >= 15 is 0 Å². The normalized spacial score (nSPS) is 11.7. The average Bonchev–Trinajstić information content (AvgIpc) is 2.91. The molecule has 0 N–H and O–H groups in total. The van der Waals surface area contributed by atoms with Gasteiger partial charge in [-0.2, -0.15) is 0 Å². The summed E-state index contributed by atoms with van der Waals surface area (Å²) in [5.41, 5.74) is 4.87. The van der Waals surface area contributed by atoms with E-state index < -0.39 is 0 Å². The van der Waals surface area contributed by atoms with Crippen LogP contribution in [0.15, 0.2) is 96.6 Å². The lowest BCUT2D eigenvalue weighted by Crippen LogP contribution is -1.99. The molecule has 0 saturated heterocycles. The molecular weight excluding hydrogens is 436 g/mol. The molecule has 0 aromatic heterocycles. The third-order valence-electron chi connectivity index (χ3n) is 5.61. The van der Waals surface area contributed by atoms with Gasteiger partial charge in [0.2, 0.25) is 0 Å². The Morgan fingerprint density at radius 2 is 1.26 bits per heavy atom. The molecule has 0 aliphatic rings. The second-order valence-corrected chi connectivity index (χ2v) is 8.22. The summed E-state index contributed by atoms with van der Waals surface area (Å²) >= 11 is 0. The third-order valence-corrected chi connectivity index (χ3v) is 5.61. The van der Waals surface area contributed by atoms with Crippen molar-refractivity contribution in [2.24, 2.45) is 0 Å². The van der Waals surface area contributed by atoms with Crippen LogP contribution in [-0.2, 0) is 22.7 Å². The maximum atomic E-state index is 5.95. The van der Waals surface area contributed by atoms with Gasteiger partial charge in [-0.25, -0.2) is 0 Å². The summed E-state index contributed by atoms with van der Waals surface area (Å²) in [6.45, 7) is 2.57. The van der Waals surface area contributed by atoms with Gasteiger partial charge in [0.1, 0.15) is 11.5 Å². The van der Waals surface area contributed by atoms with Crippen LogP contribution in [0.4, 0.5) is 0 Å². The molecule has 0 radical (unpaired) electrons. The average molecular weight is 473 g/mol. The maximum Gasteiger partial charge on any atom is 0.118 e. The number of methoxy groups -OCH3 is 2. The van der Waals surface area contributed by atoms with E-state index in [9.17, 15) is 0 Å². The topological polar surface area (TPSA) is 36.9 Å². The molecule has 4 heteroatoms. The lowest BCUT2D eigenvalue weighted by molar-refractivity contribution is 0.121. The highest BCUT2D eigenvalue weighted by molar-refractivity contribution is 5.49. The Hall–Kier alpha value is -3.34. The fraction of sp³-hybridized carbons (Fsp3) is 0.290. The Morgan fingerprint density at radius 1 is 0.686 bits per heavy atom. The van der Waals surface area contributed by atoms with E-state index in [2.05, 4.69) is 42.5 Å². The third kappa shape index (κ3) is 10.2. The van der Waals surface area contributed by atoms with E-state index in [0.717, 1.165) is 41.9 Å². The molecule has 0 spiro atoms. The van der Waals surface area contributed by atoms with Crippen molar-refractivity contribution in [1.82, 2.24) is 0 Å². The first-order valence-electron chi connectivity index (χ1n) is 12.1. The van der Waals surface area contributed by atoms with E-state index in [0.29, 0.717) is 26.4 Å². The van der Waals surface area contributed by atoms with Crippen molar-refractivity contribution >= 4 is 6.08 Å². The first-order valence-corrected chi connectivity index (χ1v) is 12.1.